The molecule has 0 aliphatic carbocycles. The first-order valence-electron chi connectivity index (χ1n) is 11.1. The number of ether oxygens (including phenoxy) is 2. The van der Waals surface area contributed by atoms with E-state index < -0.39 is 11.7 Å². The molecule has 0 bridgehead atoms. The number of rotatable bonds is 9. The molecule has 4 rings (SSSR count). The van der Waals surface area contributed by atoms with Crippen LogP contribution in [0.3, 0.4) is 0 Å². The Morgan fingerprint density at radius 1 is 1.15 bits per heavy atom. The van der Waals surface area contributed by atoms with Crippen LogP contribution in [-0.2, 0) is 13.1 Å². The van der Waals surface area contributed by atoms with Gasteiger partial charge >= 0.3 is 0 Å². The van der Waals surface area contributed by atoms with E-state index >= 15 is 0 Å². The maximum Gasteiger partial charge on any atom is 0.137 e. The van der Waals surface area contributed by atoms with Gasteiger partial charge in [-0.25, -0.2) is 0 Å². The third-order valence-electron chi connectivity index (χ3n) is 5.78. The first kappa shape index (κ1) is 23.6. The molecule has 0 amide bonds. The lowest BCUT2D eigenvalue weighted by Crippen LogP contribution is -2.59. The van der Waals surface area contributed by atoms with E-state index in [0.29, 0.717) is 50.0 Å². The van der Waals surface area contributed by atoms with E-state index in [-0.39, 0.29) is 6.61 Å². The molecule has 3 aromatic rings. The predicted octanol–water partition coefficient (Wildman–Crippen LogP) is 3.30. The van der Waals surface area contributed by atoms with Crippen molar-refractivity contribution in [3.05, 3.63) is 77.1 Å². The summed E-state index contributed by atoms with van der Waals surface area (Å²) in [7, 11) is 0. The van der Waals surface area contributed by atoms with Gasteiger partial charge in [0.25, 0.3) is 0 Å². The highest BCUT2D eigenvalue weighted by Crippen LogP contribution is 2.26. The van der Waals surface area contributed by atoms with Gasteiger partial charge in [0, 0.05) is 30.9 Å². The van der Waals surface area contributed by atoms with Gasteiger partial charge in [0.15, 0.2) is 0 Å². The maximum atomic E-state index is 11.1. The number of β-amino-alcohol motifs (C(OH)–C–C–N with tert-alkyl or cyclic N) is 1. The fraction of sp³-hybridized carbons (Fsp3) is 0.400. The fourth-order valence-corrected chi connectivity index (χ4v) is 4.21. The maximum absolute atomic E-state index is 11.1. The highest BCUT2D eigenvalue weighted by molar-refractivity contribution is 6.30. The highest BCUT2D eigenvalue weighted by atomic mass is 35.5. The molecule has 7 nitrogen and oxygen atoms in total. The smallest absolute Gasteiger partial charge is 0.137 e. The molecule has 1 aromatic heterocycles. The van der Waals surface area contributed by atoms with E-state index in [1.165, 1.54) is 0 Å². The van der Waals surface area contributed by atoms with Crippen molar-refractivity contribution in [2.75, 3.05) is 26.3 Å². The molecule has 8 heteroatoms. The number of aromatic nitrogens is 2. The van der Waals surface area contributed by atoms with Crippen LogP contribution in [0.4, 0.5) is 0 Å². The number of aliphatic hydroxyl groups is 2. The van der Waals surface area contributed by atoms with Gasteiger partial charge in [0.2, 0.25) is 0 Å². The van der Waals surface area contributed by atoms with Gasteiger partial charge in [-0.1, -0.05) is 29.8 Å². The highest BCUT2D eigenvalue weighted by Gasteiger charge is 2.42. The van der Waals surface area contributed by atoms with Crippen LogP contribution in [0.5, 0.6) is 11.5 Å². The number of aryl methyl sites for hydroxylation is 1. The second-order valence-corrected chi connectivity index (χ2v) is 9.08. The minimum Gasteiger partial charge on any atom is -0.492 e. The number of piperidine rings is 1. The molecule has 0 saturated carbocycles. The van der Waals surface area contributed by atoms with Gasteiger partial charge in [-0.15, -0.1) is 0 Å². The number of hydrogen-bond donors (Lipinski definition) is 2. The van der Waals surface area contributed by atoms with Crippen LogP contribution in [0.15, 0.2) is 60.9 Å². The predicted molar refractivity (Wildman–Crippen MR) is 127 cm³/mol. The first-order chi connectivity index (χ1) is 15.9. The number of likely N-dealkylation sites (tertiary alicyclic amines) is 1. The minimum atomic E-state index is -1.36. The third-order valence-corrected chi connectivity index (χ3v) is 6.01. The molecule has 1 fully saturated rings. The van der Waals surface area contributed by atoms with Crippen molar-refractivity contribution in [1.82, 2.24) is 14.7 Å². The molecule has 2 N–H and O–H groups in total. The minimum absolute atomic E-state index is 0.0128. The van der Waals surface area contributed by atoms with Gasteiger partial charge in [0.1, 0.15) is 30.3 Å². The number of benzene rings is 2. The number of hydrogen-bond acceptors (Lipinski definition) is 6. The Kier molecular flexibility index (Phi) is 7.55. The van der Waals surface area contributed by atoms with Crippen LogP contribution in [0.2, 0.25) is 5.02 Å². The van der Waals surface area contributed by atoms with E-state index in [0.717, 1.165) is 16.9 Å². The zero-order valence-corrected chi connectivity index (χ0v) is 19.5. The molecule has 2 heterocycles. The summed E-state index contributed by atoms with van der Waals surface area (Å²) in [6.45, 7) is 4.84. The van der Waals surface area contributed by atoms with E-state index in [1.807, 2.05) is 48.3 Å². The number of aliphatic hydroxyl groups excluding tert-OH is 1. The fourth-order valence-electron chi connectivity index (χ4n) is 4.03. The largest absolute Gasteiger partial charge is 0.492 e. The van der Waals surface area contributed by atoms with Crippen molar-refractivity contribution in [3.8, 4) is 11.5 Å². The van der Waals surface area contributed by atoms with Crippen LogP contribution in [0.1, 0.15) is 17.5 Å². The molecule has 2 atom stereocenters. The Morgan fingerprint density at radius 2 is 1.94 bits per heavy atom. The Labute approximate surface area is 199 Å². The Balaban J connectivity index is 1.32. The molecular weight excluding hydrogens is 442 g/mol. The van der Waals surface area contributed by atoms with Crippen molar-refractivity contribution < 1.29 is 19.7 Å². The second kappa shape index (κ2) is 10.6. The molecule has 0 unspecified atom stereocenters. The zero-order chi connectivity index (χ0) is 23.3. The van der Waals surface area contributed by atoms with Crippen molar-refractivity contribution in [2.24, 2.45) is 0 Å². The number of halogens is 1. The third kappa shape index (κ3) is 6.48. The summed E-state index contributed by atoms with van der Waals surface area (Å²) >= 11 is 6.01. The molecule has 2 aromatic carbocycles. The summed E-state index contributed by atoms with van der Waals surface area (Å²) < 4.78 is 13.5. The van der Waals surface area contributed by atoms with Crippen molar-refractivity contribution >= 4 is 11.6 Å². The van der Waals surface area contributed by atoms with Crippen LogP contribution in [-0.4, -0.2) is 62.9 Å². The molecule has 1 aliphatic heterocycles. The van der Waals surface area contributed by atoms with E-state index in [2.05, 4.69) is 10.00 Å². The molecule has 33 heavy (non-hydrogen) atoms. The van der Waals surface area contributed by atoms with Gasteiger partial charge < -0.3 is 19.7 Å². The summed E-state index contributed by atoms with van der Waals surface area (Å²) in [6, 6.07) is 15.0. The SMILES string of the molecule is Cc1cnn(CCOc2cccc(CN3CC[C@H](O)[C@@](O)(COc4cccc(Cl)c4)C3)c2)c1. The second-order valence-electron chi connectivity index (χ2n) is 8.64. The number of nitrogens with zero attached hydrogens (tertiary/aromatic N) is 3. The first-order valence-corrected chi connectivity index (χ1v) is 11.5. The summed E-state index contributed by atoms with van der Waals surface area (Å²) in [5, 5.41) is 26.4. The van der Waals surface area contributed by atoms with Gasteiger partial charge in [-0.3, -0.25) is 9.58 Å². The van der Waals surface area contributed by atoms with Crippen LogP contribution in [0, 0.1) is 6.92 Å². The topological polar surface area (TPSA) is 80.0 Å². The molecule has 0 radical (unpaired) electrons. The van der Waals surface area contributed by atoms with E-state index in [9.17, 15) is 10.2 Å². The van der Waals surface area contributed by atoms with Gasteiger partial charge in [-0.05, 0) is 54.8 Å². The Bertz CT molecular complexity index is 1060. The average Bonchev–Trinajstić information content (AvgIpc) is 3.20. The lowest BCUT2D eigenvalue weighted by Gasteiger charge is -2.42. The van der Waals surface area contributed by atoms with Crippen LogP contribution < -0.4 is 9.47 Å². The standard InChI is InChI=1S/C25H30ClN3O4/c1-19-14-27-29(15-19)10-11-32-22-6-2-4-20(12-22)16-28-9-8-24(30)25(31,17-28)18-33-23-7-3-5-21(26)13-23/h2-7,12-15,24,30-31H,8-11,16-18H2,1H3/t24-,25-/m0/s1. The molecular formula is C25H30ClN3O4. The van der Waals surface area contributed by atoms with Crippen LogP contribution >= 0.6 is 11.6 Å². The molecule has 176 valence electrons. The van der Waals surface area contributed by atoms with Crippen molar-refractivity contribution in [3.63, 3.8) is 0 Å². The Hall–Kier alpha value is -2.58. The van der Waals surface area contributed by atoms with Gasteiger partial charge in [-0.2, -0.15) is 5.10 Å². The van der Waals surface area contributed by atoms with E-state index in [4.69, 9.17) is 21.1 Å². The lowest BCUT2D eigenvalue weighted by molar-refractivity contribution is -0.140. The summed E-state index contributed by atoms with van der Waals surface area (Å²) in [5.74, 6) is 1.36. The Morgan fingerprint density at radius 3 is 2.70 bits per heavy atom. The molecule has 1 saturated heterocycles. The summed E-state index contributed by atoms with van der Waals surface area (Å²) in [4.78, 5) is 2.12. The van der Waals surface area contributed by atoms with Crippen molar-refractivity contribution in [2.45, 2.75) is 38.1 Å². The van der Waals surface area contributed by atoms with Crippen molar-refractivity contribution in [1.29, 1.82) is 0 Å². The normalized spacial score (nSPS) is 21.2. The lowest BCUT2D eigenvalue weighted by atomic mass is 9.90. The van der Waals surface area contributed by atoms with E-state index in [1.54, 1.807) is 24.3 Å². The summed E-state index contributed by atoms with van der Waals surface area (Å²) in [5.41, 5.74) is 0.842. The molecule has 1 aliphatic rings. The van der Waals surface area contributed by atoms with Gasteiger partial charge in [0.05, 0.1) is 18.8 Å². The quantitative estimate of drug-likeness (QED) is 0.498. The monoisotopic (exact) mass is 471 g/mol. The molecule has 0 spiro atoms. The van der Waals surface area contributed by atoms with Crippen LogP contribution in [0.25, 0.3) is 0 Å². The summed E-state index contributed by atoms with van der Waals surface area (Å²) in [6.07, 6.45) is 3.43. The average molecular weight is 472 g/mol. The zero-order valence-electron chi connectivity index (χ0n) is 18.7.